The Hall–Kier alpha value is -1.59. The van der Waals surface area contributed by atoms with Crippen molar-refractivity contribution in [3.63, 3.8) is 0 Å². The summed E-state index contributed by atoms with van der Waals surface area (Å²) in [5.41, 5.74) is 1.14. The standard InChI is InChI=1S/C25H41NO4.ClH/c1-2-3-4-5-6-7-8-9-10-14-19-26(20-17-24(27)28,21-18-25(29)30)22-23-15-12-11-13-16-23;/h11-13,15-16H,2-10,14,17-22H2,1H3,(H-,27,28,29,30);1H. The lowest BCUT2D eigenvalue weighted by Crippen LogP contribution is -3.00. The molecule has 1 rings (SSSR count). The second-order valence-electron chi connectivity index (χ2n) is 8.63. The fourth-order valence-corrected chi connectivity index (χ4v) is 4.14. The first kappa shape index (κ1) is 29.4. The van der Waals surface area contributed by atoms with Gasteiger partial charge in [0.2, 0.25) is 0 Å². The first-order valence-electron chi connectivity index (χ1n) is 11.8. The van der Waals surface area contributed by atoms with Gasteiger partial charge in [0.15, 0.2) is 0 Å². The van der Waals surface area contributed by atoms with E-state index in [9.17, 15) is 19.8 Å². The number of nitrogens with zero attached hydrogens (tertiary/aromatic N) is 1. The molecule has 1 aromatic rings. The lowest BCUT2D eigenvalue weighted by molar-refractivity contribution is -0.940. The zero-order chi connectivity index (χ0) is 22.1. The molecule has 1 aromatic carbocycles. The summed E-state index contributed by atoms with van der Waals surface area (Å²) in [5.74, 6) is -1.63. The van der Waals surface area contributed by atoms with Crippen molar-refractivity contribution in [2.24, 2.45) is 0 Å². The van der Waals surface area contributed by atoms with Crippen LogP contribution in [0.15, 0.2) is 30.3 Å². The van der Waals surface area contributed by atoms with Gasteiger partial charge in [-0.1, -0.05) is 88.6 Å². The SMILES string of the molecule is CCCCCCCCCCCC[N+](CCC(=O)O)(CCC(=O)O)Cc1ccccc1.[Cl-]. The third-order valence-electron chi connectivity index (χ3n) is 5.95. The summed E-state index contributed by atoms with van der Waals surface area (Å²) >= 11 is 0. The summed E-state index contributed by atoms with van der Waals surface area (Å²) in [5, 5.41) is 18.5. The Morgan fingerprint density at radius 2 is 1.16 bits per heavy atom. The maximum Gasteiger partial charge on any atom is 0.309 e. The van der Waals surface area contributed by atoms with Gasteiger partial charge in [-0.25, -0.2) is 0 Å². The van der Waals surface area contributed by atoms with Crippen LogP contribution in [-0.4, -0.2) is 46.3 Å². The van der Waals surface area contributed by atoms with E-state index in [0.717, 1.165) is 24.9 Å². The van der Waals surface area contributed by atoms with Crippen LogP contribution in [0.1, 0.15) is 89.5 Å². The van der Waals surface area contributed by atoms with Crippen molar-refractivity contribution >= 4 is 11.9 Å². The molecule has 0 atom stereocenters. The Morgan fingerprint density at radius 3 is 1.61 bits per heavy atom. The van der Waals surface area contributed by atoms with Gasteiger partial charge in [0.05, 0.1) is 32.5 Å². The van der Waals surface area contributed by atoms with E-state index in [-0.39, 0.29) is 25.2 Å². The van der Waals surface area contributed by atoms with Gasteiger partial charge in [-0.15, -0.1) is 0 Å². The highest BCUT2D eigenvalue weighted by Crippen LogP contribution is 2.20. The number of hydrogen-bond acceptors (Lipinski definition) is 2. The van der Waals surface area contributed by atoms with Crippen LogP contribution in [0.2, 0.25) is 0 Å². The van der Waals surface area contributed by atoms with Gasteiger partial charge in [0.1, 0.15) is 6.54 Å². The van der Waals surface area contributed by atoms with E-state index in [2.05, 4.69) is 6.92 Å². The maximum atomic E-state index is 11.3. The number of aliphatic carboxylic acids is 2. The molecular weight excluding hydrogens is 414 g/mol. The summed E-state index contributed by atoms with van der Waals surface area (Å²) in [6.07, 6.45) is 12.7. The molecule has 0 radical (unpaired) electrons. The molecule has 0 unspecified atom stereocenters. The Labute approximate surface area is 194 Å². The van der Waals surface area contributed by atoms with Crippen molar-refractivity contribution in [1.82, 2.24) is 0 Å². The molecule has 0 fully saturated rings. The molecule has 0 bridgehead atoms. The minimum absolute atomic E-state index is 0. The number of rotatable bonds is 19. The summed E-state index contributed by atoms with van der Waals surface area (Å²) in [4.78, 5) is 22.5. The highest BCUT2D eigenvalue weighted by Gasteiger charge is 2.29. The van der Waals surface area contributed by atoms with Crippen LogP contribution in [0, 0.1) is 0 Å². The van der Waals surface area contributed by atoms with E-state index in [1.807, 2.05) is 30.3 Å². The van der Waals surface area contributed by atoms with Crippen LogP contribution >= 0.6 is 0 Å². The second-order valence-corrected chi connectivity index (χ2v) is 8.63. The predicted octanol–water partition coefficient (Wildman–Crippen LogP) is 2.88. The molecule has 0 aliphatic carbocycles. The molecule has 0 aromatic heterocycles. The molecule has 0 saturated heterocycles. The second kappa shape index (κ2) is 18.0. The predicted molar refractivity (Wildman–Crippen MR) is 121 cm³/mol. The fraction of sp³-hybridized carbons (Fsp3) is 0.680. The largest absolute Gasteiger partial charge is 1.00 e. The number of hydrogen-bond donors (Lipinski definition) is 2. The quantitative estimate of drug-likeness (QED) is 0.248. The van der Waals surface area contributed by atoms with E-state index in [1.165, 1.54) is 51.4 Å². The Kier molecular flexibility index (Phi) is 17.1. The average molecular weight is 456 g/mol. The summed E-state index contributed by atoms with van der Waals surface area (Å²) in [6.45, 7) is 4.73. The van der Waals surface area contributed by atoms with Crippen LogP contribution in [-0.2, 0) is 16.1 Å². The van der Waals surface area contributed by atoms with Gasteiger partial charge in [-0.05, 0) is 12.8 Å². The summed E-state index contributed by atoms with van der Waals surface area (Å²) < 4.78 is 0.541. The number of carboxylic acid groups (broad SMARTS) is 2. The molecule has 0 aliphatic rings. The van der Waals surface area contributed by atoms with Crippen molar-refractivity contribution < 1.29 is 36.7 Å². The van der Waals surface area contributed by atoms with Crippen molar-refractivity contribution in [3.8, 4) is 0 Å². The van der Waals surface area contributed by atoms with Gasteiger partial charge in [-0.2, -0.15) is 0 Å². The van der Waals surface area contributed by atoms with Gasteiger partial charge in [0.25, 0.3) is 0 Å². The highest BCUT2D eigenvalue weighted by atomic mass is 35.5. The lowest BCUT2D eigenvalue weighted by atomic mass is 10.1. The van der Waals surface area contributed by atoms with Gasteiger partial charge >= 0.3 is 11.9 Å². The van der Waals surface area contributed by atoms with Crippen LogP contribution < -0.4 is 12.4 Å². The van der Waals surface area contributed by atoms with Crippen LogP contribution in [0.25, 0.3) is 0 Å². The first-order chi connectivity index (χ1) is 14.5. The number of quaternary nitrogens is 1. The van der Waals surface area contributed by atoms with Gasteiger partial charge in [-0.3, -0.25) is 9.59 Å². The third-order valence-corrected chi connectivity index (χ3v) is 5.95. The number of benzene rings is 1. The molecular formula is C25H42ClNO4. The minimum Gasteiger partial charge on any atom is -1.00 e. The molecule has 178 valence electrons. The number of unbranched alkanes of at least 4 members (excludes halogenated alkanes) is 9. The average Bonchev–Trinajstić information content (AvgIpc) is 2.72. The zero-order valence-electron chi connectivity index (χ0n) is 19.2. The fourth-order valence-electron chi connectivity index (χ4n) is 4.14. The normalized spacial score (nSPS) is 11.1. The maximum absolute atomic E-state index is 11.3. The molecule has 6 heteroatoms. The highest BCUT2D eigenvalue weighted by molar-refractivity contribution is 5.67. The number of halogens is 1. The van der Waals surface area contributed by atoms with Crippen molar-refractivity contribution in [3.05, 3.63) is 35.9 Å². The molecule has 0 aliphatic heterocycles. The third kappa shape index (κ3) is 14.9. The minimum atomic E-state index is -0.816. The van der Waals surface area contributed by atoms with Crippen LogP contribution in [0.5, 0.6) is 0 Å². The molecule has 0 spiro atoms. The monoisotopic (exact) mass is 455 g/mol. The van der Waals surface area contributed by atoms with E-state index in [4.69, 9.17) is 0 Å². The smallest absolute Gasteiger partial charge is 0.309 e. The Bertz CT molecular complexity index is 576. The van der Waals surface area contributed by atoms with Crippen LogP contribution in [0.3, 0.4) is 0 Å². The van der Waals surface area contributed by atoms with E-state index >= 15 is 0 Å². The van der Waals surface area contributed by atoms with Crippen molar-refractivity contribution in [1.29, 1.82) is 0 Å². The lowest BCUT2D eigenvalue weighted by Gasteiger charge is -2.38. The van der Waals surface area contributed by atoms with Gasteiger partial charge < -0.3 is 27.1 Å². The van der Waals surface area contributed by atoms with Crippen molar-refractivity contribution in [2.45, 2.75) is 90.5 Å². The molecule has 0 saturated carbocycles. The molecule has 5 nitrogen and oxygen atoms in total. The first-order valence-corrected chi connectivity index (χ1v) is 11.8. The van der Waals surface area contributed by atoms with Gasteiger partial charge in [0, 0.05) is 5.56 Å². The van der Waals surface area contributed by atoms with E-state index in [1.54, 1.807) is 0 Å². The Balaban J connectivity index is 0.00000900. The number of carbonyl (C=O) groups is 2. The van der Waals surface area contributed by atoms with E-state index in [0.29, 0.717) is 24.1 Å². The number of carboxylic acids is 2. The summed E-state index contributed by atoms with van der Waals surface area (Å²) in [7, 11) is 0. The topological polar surface area (TPSA) is 74.6 Å². The zero-order valence-corrected chi connectivity index (χ0v) is 20.0. The Morgan fingerprint density at radius 1 is 0.710 bits per heavy atom. The molecule has 31 heavy (non-hydrogen) atoms. The van der Waals surface area contributed by atoms with Crippen molar-refractivity contribution in [2.75, 3.05) is 19.6 Å². The summed E-state index contributed by atoms with van der Waals surface area (Å²) in [6, 6.07) is 10.0. The molecule has 0 heterocycles. The van der Waals surface area contributed by atoms with E-state index < -0.39 is 11.9 Å². The molecule has 0 amide bonds. The molecule has 2 N–H and O–H groups in total. The van der Waals surface area contributed by atoms with Crippen LogP contribution in [0.4, 0.5) is 0 Å².